The Morgan fingerprint density at radius 2 is 1.81 bits per heavy atom. The summed E-state index contributed by atoms with van der Waals surface area (Å²) < 4.78 is 20.7. The van der Waals surface area contributed by atoms with Crippen LogP contribution in [-0.4, -0.2) is 53.4 Å². The van der Waals surface area contributed by atoms with Gasteiger partial charge in [-0.1, -0.05) is 30.3 Å². The van der Waals surface area contributed by atoms with Crippen LogP contribution in [0.3, 0.4) is 0 Å². The Kier molecular flexibility index (Phi) is 6.01. The van der Waals surface area contributed by atoms with Crippen molar-refractivity contribution in [1.82, 2.24) is 20.0 Å². The maximum absolute atomic E-state index is 13.5. The predicted octanol–water partition coefficient (Wildman–Crippen LogP) is 3.69. The monoisotopic (exact) mass is 434 g/mol. The molecule has 1 aliphatic carbocycles. The Hall–Kier alpha value is -3.03. The predicted molar refractivity (Wildman–Crippen MR) is 119 cm³/mol. The molecule has 0 bridgehead atoms. The molecule has 1 aromatic heterocycles. The number of morpholine rings is 1. The van der Waals surface area contributed by atoms with Gasteiger partial charge >= 0.3 is 0 Å². The number of hydrogen-bond acceptors (Lipinski definition) is 4. The summed E-state index contributed by atoms with van der Waals surface area (Å²) in [6.07, 6.45) is 2.24. The van der Waals surface area contributed by atoms with Crippen molar-refractivity contribution in [3.05, 3.63) is 83.4 Å². The lowest BCUT2D eigenvalue weighted by molar-refractivity contribution is 0.0162. The molecule has 5 rings (SSSR count). The highest BCUT2D eigenvalue weighted by Crippen LogP contribution is 2.39. The van der Waals surface area contributed by atoms with Gasteiger partial charge in [0, 0.05) is 25.6 Å². The Bertz CT molecular complexity index is 1060. The Morgan fingerprint density at radius 3 is 2.50 bits per heavy atom. The number of halogens is 1. The second-order valence-electron chi connectivity index (χ2n) is 8.40. The molecule has 1 N–H and O–H groups in total. The molecule has 1 aliphatic heterocycles. The number of para-hydroxylation sites is 1. The van der Waals surface area contributed by atoms with E-state index in [1.54, 1.807) is 16.8 Å². The number of amides is 1. The average molecular weight is 435 g/mol. The number of aromatic nitrogens is 2. The number of ether oxygens (including phenoxy) is 1. The molecule has 6 nitrogen and oxygen atoms in total. The van der Waals surface area contributed by atoms with Crippen molar-refractivity contribution in [2.75, 3.05) is 32.8 Å². The number of carbonyl (C=O) groups excluding carboxylic acids is 1. The lowest BCUT2D eigenvalue weighted by atomic mass is 10.0. The van der Waals surface area contributed by atoms with Crippen LogP contribution in [0.1, 0.15) is 46.5 Å². The fourth-order valence-electron chi connectivity index (χ4n) is 4.22. The van der Waals surface area contributed by atoms with E-state index in [9.17, 15) is 9.18 Å². The van der Waals surface area contributed by atoms with E-state index < -0.39 is 0 Å². The molecule has 166 valence electrons. The van der Waals surface area contributed by atoms with Crippen LogP contribution in [0.5, 0.6) is 0 Å². The number of rotatable bonds is 7. The molecule has 1 saturated carbocycles. The van der Waals surface area contributed by atoms with Crippen LogP contribution in [0.2, 0.25) is 0 Å². The molecule has 0 unspecified atom stereocenters. The molecule has 0 radical (unpaired) electrons. The minimum absolute atomic E-state index is 0.0561. The van der Waals surface area contributed by atoms with Crippen molar-refractivity contribution in [2.45, 2.75) is 24.8 Å². The third-order valence-corrected chi connectivity index (χ3v) is 6.15. The normalized spacial score (nSPS) is 17.8. The maximum atomic E-state index is 13.5. The largest absolute Gasteiger partial charge is 0.379 e. The summed E-state index contributed by atoms with van der Waals surface area (Å²) in [6.45, 7) is 3.26. The first-order valence-corrected chi connectivity index (χ1v) is 11.2. The standard InChI is InChI=1S/C25H27FN4O2/c26-20-10-8-19(9-11-20)24(29-12-14-32-15-13-29)17-27-25(31)23-16-22(18-6-7-18)28-30(23)21-4-2-1-3-5-21/h1-5,8-11,16,18,24H,6-7,12-15,17H2,(H,27,31)/t24-/m0/s1. The third-order valence-electron chi connectivity index (χ3n) is 6.15. The highest BCUT2D eigenvalue weighted by molar-refractivity contribution is 5.93. The Balaban J connectivity index is 1.38. The van der Waals surface area contributed by atoms with Crippen LogP contribution in [0.4, 0.5) is 4.39 Å². The molecule has 3 aromatic rings. The van der Waals surface area contributed by atoms with E-state index in [2.05, 4.69) is 10.2 Å². The molecule has 2 heterocycles. The van der Waals surface area contributed by atoms with Gasteiger partial charge in [-0.3, -0.25) is 9.69 Å². The zero-order valence-corrected chi connectivity index (χ0v) is 17.9. The number of nitrogens with one attached hydrogen (secondary N) is 1. The number of benzene rings is 2. The van der Waals surface area contributed by atoms with Crippen molar-refractivity contribution in [3.63, 3.8) is 0 Å². The molecule has 7 heteroatoms. The van der Waals surface area contributed by atoms with Crippen LogP contribution < -0.4 is 5.32 Å². The Morgan fingerprint density at radius 1 is 1.09 bits per heavy atom. The minimum atomic E-state index is -0.266. The zero-order valence-electron chi connectivity index (χ0n) is 17.9. The van der Waals surface area contributed by atoms with E-state index in [-0.39, 0.29) is 17.8 Å². The number of carbonyl (C=O) groups is 1. The summed E-state index contributed by atoms with van der Waals surface area (Å²) in [5.74, 6) is 0.0262. The molecule has 2 fully saturated rings. The SMILES string of the molecule is O=C(NC[C@@H](c1ccc(F)cc1)N1CCOCC1)c1cc(C2CC2)nn1-c1ccccc1. The minimum Gasteiger partial charge on any atom is -0.379 e. The van der Waals surface area contributed by atoms with Gasteiger partial charge in [0.05, 0.1) is 30.6 Å². The first-order valence-electron chi connectivity index (χ1n) is 11.2. The average Bonchev–Trinajstić information content (AvgIpc) is 3.59. The van der Waals surface area contributed by atoms with Crippen molar-refractivity contribution in [1.29, 1.82) is 0 Å². The van der Waals surface area contributed by atoms with Crippen molar-refractivity contribution in [2.24, 2.45) is 0 Å². The van der Waals surface area contributed by atoms with E-state index in [0.717, 1.165) is 42.9 Å². The fraction of sp³-hybridized carbons (Fsp3) is 0.360. The van der Waals surface area contributed by atoms with Crippen molar-refractivity contribution < 1.29 is 13.9 Å². The number of hydrogen-bond donors (Lipinski definition) is 1. The first kappa shape index (κ1) is 20.8. The van der Waals surface area contributed by atoms with Crippen molar-refractivity contribution in [3.8, 4) is 5.69 Å². The van der Waals surface area contributed by atoms with Gasteiger partial charge in [-0.15, -0.1) is 0 Å². The van der Waals surface area contributed by atoms with Crippen LogP contribution in [0.15, 0.2) is 60.7 Å². The lowest BCUT2D eigenvalue weighted by Crippen LogP contribution is -2.44. The van der Waals surface area contributed by atoms with Gasteiger partial charge in [0.15, 0.2) is 0 Å². The van der Waals surface area contributed by atoms with Crippen LogP contribution >= 0.6 is 0 Å². The molecule has 32 heavy (non-hydrogen) atoms. The van der Waals surface area contributed by atoms with Crippen LogP contribution in [-0.2, 0) is 4.74 Å². The highest BCUT2D eigenvalue weighted by atomic mass is 19.1. The van der Waals surface area contributed by atoms with Gasteiger partial charge in [-0.05, 0) is 48.7 Å². The van der Waals surface area contributed by atoms with E-state index in [1.165, 1.54) is 12.1 Å². The van der Waals surface area contributed by atoms with E-state index >= 15 is 0 Å². The topological polar surface area (TPSA) is 59.4 Å². The van der Waals surface area contributed by atoms with Gasteiger partial charge in [0.1, 0.15) is 11.5 Å². The molecular weight excluding hydrogens is 407 g/mol. The second-order valence-corrected chi connectivity index (χ2v) is 8.40. The van der Waals surface area contributed by atoms with Crippen molar-refractivity contribution >= 4 is 5.91 Å². The maximum Gasteiger partial charge on any atom is 0.270 e. The smallest absolute Gasteiger partial charge is 0.270 e. The molecule has 1 saturated heterocycles. The lowest BCUT2D eigenvalue weighted by Gasteiger charge is -2.35. The summed E-state index contributed by atoms with van der Waals surface area (Å²) in [4.78, 5) is 15.6. The molecule has 1 atom stereocenters. The van der Waals surface area contributed by atoms with E-state index in [0.29, 0.717) is 31.4 Å². The quantitative estimate of drug-likeness (QED) is 0.616. The molecule has 1 amide bonds. The zero-order chi connectivity index (χ0) is 21.9. The van der Waals surface area contributed by atoms with Crippen LogP contribution in [0, 0.1) is 5.82 Å². The fourth-order valence-corrected chi connectivity index (χ4v) is 4.22. The summed E-state index contributed by atoms with van der Waals surface area (Å²) >= 11 is 0. The summed E-state index contributed by atoms with van der Waals surface area (Å²) in [5, 5.41) is 7.85. The van der Waals surface area contributed by atoms with Gasteiger partial charge in [-0.2, -0.15) is 5.10 Å². The molecule has 2 aliphatic rings. The van der Waals surface area contributed by atoms with E-state index in [4.69, 9.17) is 9.84 Å². The Labute approximate surface area is 187 Å². The van der Waals surface area contributed by atoms with Gasteiger partial charge in [-0.25, -0.2) is 9.07 Å². The number of nitrogens with zero attached hydrogens (tertiary/aromatic N) is 3. The highest BCUT2D eigenvalue weighted by Gasteiger charge is 2.30. The van der Waals surface area contributed by atoms with Crippen LogP contribution in [0.25, 0.3) is 5.69 Å². The third kappa shape index (κ3) is 4.59. The summed E-state index contributed by atoms with van der Waals surface area (Å²) in [5.41, 5.74) is 3.36. The second kappa shape index (κ2) is 9.22. The summed E-state index contributed by atoms with van der Waals surface area (Å²) in [7, 11) is 0. The van der Waals surface area contributed by atoms with Gasteiger partial charge < -0.3 is 10.1 Å². The molecule has 2 aromatic carbocycles. The molecule has 0 spiro atoms. The first-order chi connectivity index (χ1) is 15.7. The summed E-state index contributed by atoms with van der Waals surface area (Å²) in [6, 6.07) is 18.1. The van der Waals surface area contributed by atoms with Gasteiger partial charge in [0.25, 0.3) is 5.91 Å². The molecular formula is C25H27FN4O2. The van der Waals surface area contributed by atoms with Gasteiger partial charge in [0.2, 0.25) is 0 Å². The van der Waals surface area contributed by atoms with E-state index in [1.807, 2.05) is 36.4 Å².